The van der Waals surface area contributed by atoms with Crippen LogP contribution in [-0.2, 0) is 4.74 Å². The third-order valence-corrected chi connectivity index (χ3v) is 4.28. The topological polar surface area (TPSA) is 53.1 Å². The zero-order chi connectivity index (χ0) is 11.8. The maximum Gasteiger partial charge on any atom is 0.135 e. The van der Waals surface area contributed by atoms with Crippen LogP contribution in [0.2, 0.25) is 0 Å². The average Bonchev–Trinajstić information content (AvgIpc) is 2.60. The van der Waals surface area contributed by atoms with Crippen molar-refractivity contribution >= 4 is 28.4 Å². The SMILES string of the molecule is CCC1(C)CC(n2ncc(I)c2N)CCO1. The molecule has 5 heteroatoms. The van der Waals surface area contributed by atoms with Crippen molar-refractivity contribution in [3.05, 3.63) is 9.77 Å². The van der Waals surface area contributed by atoms with E-state index in [0.717, 1.165) is 35.3 Å². The summed E-state index contributed by atoms with van der Waals surface area (Å²) in [6.45, 7) is 5.13. The molecule has 2 heterocycles. The molecule has 90 valence electrons. The Morgan fingerprint density at radius 1 is 1.75 bits per heavy atom. The van der Waals surface area contributed by atoms with Crippen molar-refractivity contribution in [3.63, 3.8) is 0 Å². The number of halogens is 1. The van der Waals surface area contributed by atoms with Crippen LogP contribution < -0.4 is 5.73 Å². The number of nitrogen functional groups attached to an aromatic ring is 1. The molecule has 0 spiro atoms. The minimum atomic E-state index is -0.0211. The van der Waals surface area contributed by atoms with E-state index in [-0.39, 0.29) is 5.60 Å². The highest BCUT2D eigenvalue weighted by Crippen LogP contribution is 2.35. The molecule has 0 saturated carbocycles. The van der Waals surface area contributed by atoms with E-state index < -0.39 is 0 Å². The summed E-state index contributed by atoms with van der Waals surface area (Å²) < 4.78 is 8.82. The van der Waals surface area contributed by atoms with E-state index in [1.54, 1.807) is 0 Å². The molecule has 1 fully saturated rings. The molecule has 2 rings (SSSR count). The lowest BCUT2D eigenvalue weighted by atomic mass is 9.90. The Morgan fingerprint density at radius 3 is 3.06 bits per heavy atom. The number of hydrogen-bond acceptors (Lipinski definition) is 3. The third kappa shape index (κ3) is 2.20. The average molecular weight is 335 g/mol. The highest BCUT2D eigenvalue weighted by Gasteiger charge is 2.33. The van der Waals surface area contributed by atoms with Crippen LogP contribution in [0, 0.1) is 3.57 Å². The summed E-state index contributed by atoms with van der Waals surface area (Å²) in [6, 6.07) is 0.377. The smallest absolute Gasteiger partial charge is 0.135 e. The summed E-state index contributed by atoms with van der Waals surface area (Å²) in [7, 11) is 0. The highest BCUT2D eigenvalue weighted by molar-refractivity contribution is 14.1. The maximum atomic E-state index is 6.02. The molecule has 1 aliphatic rings. The first-order chi connectivity index (χ1) is 7.56. The number of hydrogen-bond donors (Lipinski definition) is 1. The van der Waals surface area contributed by atoms with E-state index in [4.69, 9.17) is 10.5 Å². The molecule has 1 aromatic heterocycles. The first kappa shape index (κ1) is 12.2. The summed E-state index contributed by atoms with van der Waals surface area (Å²) in [5.41, 5.74) is 5.99. The predicted octanol–water partition coefficient (Wildman–Crippen LogP) is 2.59. The molecule has 1 aromatic rings. The molecule has 0 amide bonds. The van der Waals surface area contributed by atoms with E-state index in [1.807, 2.05) is 10.9 Å². The monoisotopic (exact) mass is 335 g/mol. The van der Waals surface area contributed by atoms with Crippen LogP contribution in [0.1, 0.15) is 39.2 Å². The fourth-order valence-electron chi connectivity index (χ4n) is 2.20. The molecule has 1 saturated heterocycles. The van der Waals surface area contributed by atoms with E-state index in [2.05, 4.69) is 41.5 Å². The van der Waals surface area contributed by atoms with Gasteiger partial charge in [0.25, 0.3) is 0 Å². The van der Waals surface area contributed by atoms with Crippen molar-refractivity contribution in [3.8, 4) is 0 Å². The minimum Gasteiger partial charge on any atom is -0.383 e. The molecule has 16 heavy (non-hydrogen) atoms. The van der Waals surface area contributed by atoms with Crippen LogP contribution in [0.4, 0.5) is 5.82 Å². The summed E-state index contributed by atoms with van der Waals surface area (Å²) in [5, 5.41) is 4.37. The van der Waals surface area contributed by atoms with Gasteiger partial charge in [0.1, 0.15) is 5.82 Å². The predicted molar refractivity (Wildman–Crippen MR) is 72.3 cm³/mol. The van der Waals surface area contributed by atoms with Gasteiger partial charge < -0.3 is 10.5 Å². The lowest BCUT2D eigenvalue weighted by molar-refractivity contribution is -0.0851. The Morgan fingerprint density at radius 2 is 2.50 bits per heavy atom. The molecular formula is C11H18IN3O. The Hall–Kier alpha value is -0.300. The number of ether oxygens (including phenoxy) is 1. The van der Waals surface area contributed by atoms with Gasteiger partial charge in [-0.2, -0.15) is 5.10 Å². The zero-order valence-electron chi connectivity index (χ0n) is 9.74. The number of anilines is 1. The van der Waals surface area contributed by atoms with Crippen molar-refractivity contribution in [1.29, 1.82) is 0 Å². The number of aromatic nitrogens is 2. The van der Waals surface area contributed by atoms with E-state index in [9.17, 15) is 0 Å². The molecule has 2 unspecified atom stereocenters. The maximum absolute atomic E-state index is 6.02. The van der Waals surface area contributed by atoms with Gasteiger partial charge in [-0.25, -0.2) is 4.68 Å². The molecular weight excluding hydrogens is 317 g/mol. The third-order valence-electron chi connectivity index (χ3n) is 3.45. The quantitative estimate of drug-likeness (QED) is 0.846. The fourth-order valence-corrected chi connectivity index (χ4v) is 2.57. The minimum absolute atomic E-state index is 0.0211. The second-order valence-electron chi connectivity index (χ2n) is 4.62. The van der Waals surface area contributed by atoms with E-state index in [0.29, 0.717) is 6.04 Å². The highest BCUT2D eigenvalue weighted by atomic mass is 127. The van der Waals surface area contributed by atoms with Crippen LogP contribution in [0.5, 0.6) is 0 Å². The van der Waals surface area contributed by atoms with Gasteiger partial charge >= 0.3 is 0 Å². The van der Waals surface area contributed by atoms with Gasteiger partial charge in [-0.15, -0.1) is 0 Å². The van der Waals surface area contributed by atoms with Gasteiger partial charge in [0, 0.05) is 6.61 Å². The van der Waals surface area contributed by atoms with Gasteiger partial charge in [0.15, 0.2) is 0 Å². The molecule has 2 atom stereocenters. The van der Waals surface area contributed by atoms with Crippen molar-refractivity contribution in [2.75, 3.05) is 12.3 Å². The number of nitrogens with two attached hydrogens (primary N) is 1. The van der Waals surface area contributed by atoms with Gasteiger partial charge in [0.2, 0.25) is 0 Å². The molecule has 0 bridgehead atoms. The van der Waals surface area contributed by atoms with Gasteiger partial charge in [-0.05, 0) is 48.8 Å². The standard InChI is InChI=1S/C11H18IN3O/c1-3-11(2)6-8(4-5-16-11)15-10(13)9(12)7-14-15/h7-8H,3-6,13H2,1-2H3. The molecule has 0 aromatic carbocycles. The van der Waals surface area contributed by atoms with Gasteiger partial charge in [-0.3, -0.25) is 0 Å². The second kappa shape index (κ2) is 4.52. The van der Waals surface area contributed by atoms with Gasteiger partial charge in [-0.1, -0.05) is 6.92 Å². The lowest BCUT2D eigenvalue weighted by Crippen LogP contribution is -2.37. The summed E-state index contributed by atoms with van der Waals surface area (Å²) in [4.78, 5) is 0. The largest absolute Gasteiger partial charge is 0.383 e. The molecule has 2 N–H and O–H groups in total. The second-order valence-corrected chi connectivity index (χ2v) is 5.78. The number of rotatable bonds is 2. The zero-order valence-corrected chi connectivity index (χ0v) is 11.9. The van der Waals surface area contributed by atoms with Crippen molar-refractivity contribution < 1.29 is 4.74 Å². The fraction of sp³-hybridized carbons (Fsp3) is 0.727. The van der Waals surface area contributed by atoms with Crippen LogP contribution in [0.3, 0.4) is 0 Å². The first-order valence-electron chi connectivity index (χ1n) is 5.68. The summed E-state index contributed by atoms with van der Waals surface area (Å²) in [6.07, 6.45) is 4.85. The van der Waals surface area contributed by atoms with Crippen LogP contribution in [-0.4, -0.2) is 22.0 Å². The first-order valence-corrected chi connectivity index (χ1v) is 6.76. The van der Waals surface area contributed by atoms with Crippen LogP contribution in [0.15, 0.2) is 6.20 Å². The Balaban J connectivity index is 2.19. The van der Waals surface area contributed by atoms with Crippen LogP contribution >= 0.6 is 22.6 Å². The normalized spacial score (nSPS) is 30.6. The van der Waals surface area contributed by atoms with Crippen molar-refractivity contribution in [1.82, 2.24) is 9.78 Å². The van der Waals surface area contributed by atoms with Crippen molar-refractivity contribution in [2.24, 2.45) is 0 Å². The molecule has 1 aliphatic heterocycles. The Labute approximate surface area is 110 Å². The Bertz CT molecular complexity index is 379. The Kier molecular flexibility index (Phi) is 3.44. The lowest BCUT2D eigenvalue weighted by Gasteiger charge is -2.38. The summed E-state index contributed by atoms with van der Waals surface area (Å²) >= 11 is 2.22. The van der Waals surface area contributed by atoms with E-state index in [1.165, 1.54) is 0 Å². The number of nitrogens with zero attached hydrogens (tertiary/aromatic N) is 2. The summed E-state index contributed by atoms with van der Waals surface area (Å²) in [5.74, 6) is 0.783. The molecule has 4 nitrogen and oxygen atoms in total. The van der Waals surface area contributed by atoms with Crippen molar-refractivity contribution in [2.45, 2.75) is 44.8 Å². The molecule has 0 radical (unpaired) electrons. The van der Waals surface area contributed by atoms with Crippen LogP contribution in [0.25, 0.3) is 0 Å². The van der Waals surface area contributed by atoms with E-state index >= 15 is 0 Å². The molecule has 0 aliphatic carbocycles. The van der Waals surface area contributed by atoms with Gasteiger partial charge in [0.05, 0.1) is 21.4 Å².